The van der Waals surface area contributed by atoms with E-state index in [4.69, 9.17) is 9.47 Å². The summed E-state index contributed by atoms with van der Waals surface area (Å²) in [5.74, 6) is 0.382. The predicted octanol–water partition coefficient (Wildman–Crippen LogP) is 1.48. The van der Waals surface area contributed by atoms with E-state index in [0.717, 1.165) is 32.5 Å². The minimum atomic E-state index is -0.427. The highest BCUT2D eigenvalue weighted by Gasteiger charge is 2.42. The molecule has 1 aromatic rings. The Morgan fingerprint density at radius 2 is 1.96 bits per heavy atom. The standard InChI is InChI=1S/C20H27N3O3/c24-19(18-3-1-2-4-18)23-10-12-26-20(15-23)14-22(9-11-25-16-20)13-17-5-7-21-8-6-17/h1-2,5-8,18H,3-4,9-16H2. The largest absolute Gasteiger partial charge is 0.377 e. The SMILES string of the molecule is O=C(C1CC=CC1)N1CCOC2(COCCN(Cc3ccncc3)C2)C1. The van der Waals surface area contributed by atoms with Crippen LogP contribution in [0.4, 0.5) is 0 Å². The molecule has 0 bridgehead atoms. The molecule has 1 amide bonds. The molecule has 1 spiro atoms. The van der Waals surface area contributed by atoms with E-state index in [-0.39, 0.29) is 11.8 Å². The van der Waals surface area contributed by atoms with Crippen molar-refractivity contribution in [1.82, 2.24) is 14.8 Å². The minimum Gasteiger partial charge on any atom is -0.377 e. The van der Waals surface area contributed by atoms with Gasteiger partial charge in [0.15, 0.2) is 0 Å². The van der Waals surface area contributed by atoms with E-state index in [2.05, 4.69) is 22.0 Å². The molecule has 2 saturated heterocycles. The van der Waals surface area contributed by atoms with Crippen molar-refractivity contribution in [2.24, 2.45) is 5.92 Å². The highest BCUT2D eigenvalue weighted by Crippen LogP contribution is 2.27. The number of rotatable bonds is 3. The van der Waals surface area contributed by atoms with Crippen LogP contribution in [0.3, 0.4) is 0 Å². The first-order chi connectivity index (χ1) is 12.7. The number of carbonyl (C=O) groups is 1. The van der Waals surface area contributed by atoms with Crippen molar-refractivity contribution in [3.05, 3.63) is 42.2 Å². The number of aromatic nitrogens is 1. The Bertz CT molecular complexity index is 643. The first-order valence-corrected chi connectivity index (χ1v) is 9.51. The molecule has 26 heavy (non-hydrogen) atoms. The van der Waals surface area contributed by atoms with Crippen LogP contribution in [0.25, 0.3) is 0 Å². The molecular weight excluding hydrogens is 330 g/mol. The Hall–Kier alpha value is -1.76. The number of hydrogen-bond acceptors (Lipinski definition) is 5. The summed E-state index contributed by atoms with van der Waals surface area (Å²) in [5, 5.41) is 0. The van der Waals surface area contributed by atoms with Crippen LogP contribution in [0.2, 0.25) is 0 Å². The average molecular weight is 357 g/mol. The van der Waals surface area contributed by atoms with E-state index in [0.29, 0.717) is 32.9 Å². The molecule has 0 radical (unpaired) electrons. The molecule has 3 heterocycles. The Morgan fingerprint density at radius 3 is 2.77 bits per heavy atom. The lowest BCUT2D eigenvalue weighted by Crippen LogP contribution is -2.60. The van der Waals surface area contributed by atoms with Gasteiger partial charge in [0.1, 0.15) is 5.60 Å². The van der Waals surface area contributed by atoms with Gasteiger partial charge in [-0.15, -0.1) is 0 Å². The number of hydrogen-bond donors (Lipinski definition) is 0. The van der Waals surface area contributed by atoms with Crippen molar-refractivity contribution in [3.63, 3.8) is 0 Å². The molecule has 0 aromatic carbocycles. The molecule has 140 valence electrons. The van der Waals surface area contributed by atoms with Crippen molar-refractivity contribution in [1.29, 1.82) is 0 Å². The van der Waals surface area contributed by atoms with Gasteiger partial charge in [0, 0.05) is 44.5 Å². The Labute approximate surface area is 154 Å². The molecule has 1 aromatic heterocycles. The topological polar surface area (TPSA) is 54.9 Å². The lowest BCUT2D eigenvalue weighted by Gasteiger charge is -2.44. The van der Waals surface area contributed by atoms with Crippen LogP contribution in [-0.4, -0.2) is 72.3 Å². The summed E-state index contributed by atoms with van der Waals surface area (Å²) >= 11 is 0. The van der Waals surface area contributed by atoms with Gasteiger partial charge in [-0.2, -0.15) is 0 Å². The summed E-state index contributed by atoms with van der Waals surface area (Å²) in [4.78, 5) is 21.3. The number of pyridine rings is 1. The van der Waals surface area contributed by atoms with Crippen LogP contribution in [0.5, 0.6) is 0 Å². The van der Waals surface area contributed by atoms with E-state index in [9.17, 15) is 4.79 Å². The van der Waals surface area contributed by atoms with Gasteiger partial charge in [-0.25, -0.2) is 0 Å². The fourth-order valence-corrected chi connectivity index (χ4v) is 4.16. The first kappa shape index (κ1) is 17.6. The summed E-state index contributed by atoms with van der Waals surface area (Å²) in [7, 11) is 0. The van der Waals surface area contributed by atoms with E-state index < -0.39 is 5.60 Å². The first-order valence-electron chi connectivity index (χ1n) is 9.51. The summed E-state index contributed by atoms with van der Waals surface area (Å²) < 4.78 is 12.1. The summed E-state index contributed by atoms with van der Waals surface area (Å²) in [6.45, 7) is 5.62. The molecular formula is C20H27N3O3. The molecule has 1 unspecified atom stereocenters. The lowest BCUT2D eigenvalue weighted by atomic mass is 9.99. The van der Waals surface area contributed by atoms with Crippen LogP contribution in [0.15, 0.2) is 36.7 Å². The van der Waals surface area contributed by atoms with Gasteiger partial charge < -0.3 is 14.4 Å². The number of ether oxygens (including phenoxy) is 2. The number of carbonyl (C=O) groups excluding carboxylic acids is 1. The van der Waals surface area contributed by atoms with Crippen molar-refractivity contribution < 1.29 is 14.3 Å². The zero-order valence-corrected chi connectivity index (χ0v) is 15.2. The van der Waals surface area contributed by atoms with Gasteiger partial charge in [-0.3, -0.25) is 14.7 Å². The molecule has 6 nitrogen and oxygen atoms in total. The third-order valence-electron chi connectivity index (χ3n) is 5.50. The Morgan fingerprint density at radius 1 is 1.15 bits per heavy atom. The second kappa shape index (κ2) is 7.86. The average Bonchev–Trinajstić information content (AvgIpc) is 3.14. The van der Waals surface area contributed by atoms with E-state index in [1.807, 2.05) is 29.4 Å². The Balaban J connectivity index is 1.44. The van der Waals surface area contributed by atoms with E-state index in [1.165, 1.54) is 5.56 Å². The van der Waals surface area contributed by atoms with Crippen LogP contribution in [0.1, 0.15) is 18.4 Å². The van der Waals surface area contributed by atoms with Crippen molar-refractivity contribution in [2.75, 3.05) is 46.0 Å². The lowest BCUT2D eigenvalue weighted by molar-refractivity contribution is -0.164. The second-order valence-corrected chi connectivity index (χ2v) is 7.55. The highest BCUT2D eigenvalue weighted by molar-refractivity contribution is 5.79. The third kappa shape index (κ3) is 3.98. The van der Waals surface area contributed by atoms with Gasteiger partial charge in [0.05, 0.1) is 26.4 Å². The normalized spacial score (nSPS) is 27.8. The van der Waals surface area contributed by atoms with E-state index in [1.54, 1.807) is 0 Å². The van der Waals surface area contributed by atoms with Gasteiger partial charge in [0.25, 0.3) is 0 Å². The van der Waals surface area contributed by atoms with Crippen molar-refractivity contribution in [3.8, 4) is 0 Å². The molecule has 3 aliphatic rings. The second-order valence-electron chi connectivity index (χ2n) is 7.55. The van der Waals surface area contributed by atoms with Gasteiger partial charge in [-0.1, -0.05) is 12.2 Å². The molecule has 0 saturated carbocycles. The zero-order valence-electron chi connectivity index (χ0n) is 15.2. The molecule has 4 rings (SSSR count). The zero-order chi connectivity index (χ0) is 17.8. The van der Waals surface area contributed by atoms with Crippen LogP contribution in [0, 0.1) is 5.92 Å². The smallest absolute Gasteiger partial charge is 0.226 e. The molecule has 1 atom stereocenters. The monoisotopic (exact) mass is 357 g/mol. The van der Waals surface area contributed by atoms with Crippen LogP contribution >= 0.6 is 0 Å². The maximum atomic E-state index is 12.9. The summed E-state index contributed by atoms with van der Waals surface area (Å²) in [5.41, 5.74) is 0.807. The Kier molecular flexibility index (Phi) is 5.33. The number of morpholine rings is 1. The number of allylic oxidation sites excluding steroid dienone is 2. The predicted molar refractivity (Wildman–Crippen MR) is 97.5 cm³/mol. The molecule has 1 aliphatic carbocycles. The fraction of sp³-hybridized carbons (Fsp3) is 0.600. The molecule has 2 aliphatic heterocycles. The quantitative estimate of drug-likeness (QED) is 0.767. The number of nitrogens with zero attached hydrogens (tertiary/aromatic N) is 3. The van der Waals surface area contributed by atoms with Gasteiger partial charge in [-0.05, 0) is 30.5 Å². The van der Waals surface area contributed by atoms with E-state index >= 15 is 0 Å². The van der Waals surface area contributed by atoms with Gasteiger partial charge >= 0.3 is 0 Å². The van der Waals surface area contributed by atoms with Crippen molar-refractivity contribution >= 4 is 5.91 Å². The van der Waals surface area contributed by atoms with Crippen LogP contribution < -0.4 is 0 Å². The number of amides is 1. The molecule has 6 heteroatoms. The van der Waals surface area contributed by atoms with Crippen LogP contribution in [-0.2, 0) is 20.8 Å². The highest BCUT2D eigenvalue weighted by atomic mass is 16.5. The maximum absolute atomic E-state index is 12.9. The third-order valence-corrected chi connectivity index (χ3v) is 5.50. The molecule has 0 N–H and O–H groups in total. The maximum Gasteiger partial charge on any atom is 0.226 e. The summed E-state index contributed by atoms with van der Waals surface area (Å²) in [6.07, 6.45) is 9.62. The van der Waals surface area contributed by atoms with Crippen molar-refractivity contribution in [2.45, 2.75) is 25.0 Å². The fourth-order valence-electron chi connectivity index (χ4n) is 4.16. The molecule has 2 fully saturated rings. The van der Waals surface area contributed by atoms with Gasteiger partial charge in [0.2, 0.25) is 5.91 Å². The summed E-state index contributed by atoms with van der Waals surface area (Å²) in [6, 6.07) is 4.09. The minimum absolute atomic E-state index is 0.116.